The summed E-state index contributed by atoms with van der Waals surface area (Å²) in [6, 6.07) is 33.6. The SMILES string of the molecule is Cc1ccc(C)c(NC(=O)[C@@H](Sc2ccccc2NC(=S)Nc2ccccc2)c2ccccc2)c1. The lowest BCUT2D eigenvalue weighted by Crippen LogP contribution is -2.21. The Labute approximate surface area is 216 Å². The van der Waals surface area contributed by atoms with E-state index in [1.165, 1.54) is 11.8 Å². The molecule has 0 bridgehead atoms. The third kappa shape index (κ3) is 6.72. The van der Waals surface area contributed by atoms with Gasteiger partial charge in [0, 0.05) is 16.3 Å². The van der Waals surface area contributed by atoms with Crippen LogP contribution in [0.3, 0.4) is 0 Å². The van der Waals surface area contributed by atoms with E-state index in [-0.39, 0.29) is 5.91 Å². The van der Waals surface area contributed by atoms with Crippen LogP contribution in [-0.2, 0) is 4.79 Å². The Balaban J connectivity index is 1.57. The summed E-state index contributed by atoms with van der Waals surface area (Å²) in [5, 5.41) is 9.67. The molecule has 4 aromatic rings. The number of rotatable bonds is 7. The quantitative estimate of drug-likeness (QED) is 0.181. The molecule has 6 heteroatoms. The molecule has 0 heterocycles. The van der Waals surface area contributed by atoms with E-state index in [1.54, 1.807) is 0 Å². The molecule has 0 fully saturated rings. The zero-order valence-corrected chi connectivity index (χ0v) is 21.3. The predicted molar refractivity (Wildman–Crippen MR) is 152 cm³/mol. The molecule has 0 saturated carbocycles. The molecule has 0 aliphatic rings. The van der Waals surface area contributed by atoms with Gasteiger partial charge < -0.3 is 16.0 Å². The minimum absolute atomic E-state index is 0.0744. The van der Waals surface area contributed by atoms with Gasteiger partial charge in [-0.15, -0.1) is 11.8 Å². The highest BCUT2D eigenvalue weighted by atomic mass is 32.2. The van der Waals surface area contributed by atoms with Crippen LogP contribution in [0.25, 0.3) is 0 Å². The standard InChI is InChI=1S/C29H27N3OS2/c1-20-17-18-21(2)25(19-20)31-28(33)27(22-11-5-3-6-12-22)35-26-16-10-9-15-24(26)32-29(34)30-23-13-7-4-8-14-23/h3-19,27H,1-2H3,(H,31,33)(H2,30,32,34)/t27-/m0/s1. The Kier molecular flexibility index (Phi) is 8.19. The van der Waals surface area contributed by atoms with Crippen molar-refractivity contribution < 1.29 is 4.79 Å². The number of carbonyl (C=O) groups excluding carboxylic acids is 1. The molecule has 176 valence electrons. The largest absolute Gasteiger partial charge is 0.332 e. The summed E-state index contributed by atoms with van der Waals surface area (Å²) in [6.07, 6.45) is 0. The van der Waals surface area contributed by atoms with Gasteiger partial charge in [0.2, 0.25) is 5.91 Å². The predicted octanol–water partition coefficient (Wildman–Crippen LogP) is 7.58. The Hall–Kier alpha value is -3.61. The van der Waals surface area contributed by atoms with Crippen molar-refractivity contribution in [1.82, 2.24) is 0 Å². The van der Waals surface area contributed by atoms with Crippen LogP contribution in [0.5, 0.6) is 0 Å². The lowest BCUT2D eigenvalue weighted by molar-refractivity contribution is -0.115. The average molecular weight is 498 g/mol. The molecule has 0 spiro atoms. The van der Waals surface area contributed by atoms with Crippen molar-refractivity contribution in [3.8, 4) is 0 Å². The van der Waals surface area contributed by atoms with Crippen LogP contribution >= 0.6 is 24.0 Å². The Morgan fingerprint density at radius 2 is 1.40 bits per heavy atom. The van der Waals surface area contributed by atoms with Gasteiger partial charge in [-0.05, 0) is 73.1 Å². The lowest BCUT2D eigenvalue weighted by atomic mass is 10.1. The molecule has 1 amide bonds. The number of carbonyl (C=O) groups is 1. The maximum atomic E-state index is 13.6. The van der Waals surface area contributed by atoms with E-state index in [0.29, 0.717) is 5.11 Å². The Bertz CT molecular complexity index is 1310. The van der Waals surface area contributed by atoms with Crippen LogP contribution in [0.15, 0.2) is 108 Å². The number of thioether (sulfide) groups is 1. The van der Waals surface area contributed by atoms with Gasteiger partial charge in [0.1, 0.15) is 5.25 Å². The van der Waals surface area contributed by atoms with Gasteiger partial charge in [-0.2, -0.15) is 0 Å². The fraction of sp³-hybridized carbons (Fsp3) is 0.103. The van der Waals surface area contributed by atoms with Crippen LogP contribution in [0.2, 0.25) is 0 Å². The van der Waals surface area contributed by atoms with E-state index in [2.05, 4.69) is 16.0 Å². The number of hydrogen-bond donors (Lipinski definition) is 3. The first-order chi connectivity index (χ1) is 17.0. The van der Waals surface area contributed by atoms with Crippen molar-refractivity contribution in [2.45, 2.75) is 24.0 Å². The molecular formula is C29H27N3OS2. The topological polar surface area (TPSA) is 53.2 Å². The van der Waals surface area contributed by atoms with Crippen molar-refractivity contribution in [1.29, 1.82) is 0 Å². The highest BCUT2D eigenvalue weighted by Crippen LogP contribution is 2.40. The smallest absolute Gasteiger partial charge is 0.242 e. The van der Waals surface area contributed by atoms with Gasteiger partial charge in [0.05, 0.1) is 5.69 Å². The maximum absolute atomic E-state index is 13.6. The minimum atomic E-state index is -0.449. The molecule has 0 aliphatic heterocycles. The summed E-state index contributed by atoms with van der Waals surface area (Å²) in [6.45, 7) is 4.02. The van der Waals surface area contributed by atoms with Crippen LogP contribution < -0.4 is 16.0 Å². The van der Waals surface area contributed by atoms with Crippen molar-refractivity contribution in [3.05, 3.63) is 120 Å². The molecule has 3 N–H and O–H groups in total. The van der Waals surface area contributed by atoms with Crippen LogP contribution in [-0.4, -0.2) is 11.0 Å². The molecular weight excluding hydrogens is 470 g/mol. The average Bonchev–Trinajstić information content (AvgIpc) is 2.86. The zero-order chi connectivity index (χ0) is 24.6. The van der Waals surface area contributed by atoms with Crippen molar-refractivity contribution in [2.24, 2.45) is 0 Å². The number of thiocarbonyl (C=S) groups is 1. The zero-order valence-electron chi connectivity index (χ0n) is 19.6. The van der Waals surface area contributed by atoms with Crippen molar-refractivity contribution >= 4 is 52.1 Å². The van der Waals surface area contributed by atoms with E-state index < -0.39 is 5.25 Å². The second-order valence-electron chi connectivity index (χ2n) is 8.16. The number of aryl methyl sites for hydroxylation is 2. The summed E-state index contributed by atoms with van der Waals surface area (Å²) >= 11 is 7.03. The highest BCUT2D eigenvalue weighted by Gasteiger charge is 2.24. The van der Waals surface area contributed by atoms with Crippen LogP contribution in [0.1, 0.15) is 21.9 Å². The summed E-state index contributed by atoms with van der Waals surface area (Å²) in [5.74, 6) is -0.0744. The maximum Gasteiger partial charge on any atom is 0.242 e. The molecule has 35 heavy (non-hydrogen) atoms. The third-order valence-electron chi connectivity index (χ3n) is 5.40. The van der Waals surface area contributed by atoms with Gasteiger partial charge in [0.15, 0.2) is 5.11 Å². The first-order valence-electron chi connectivity index (χ1n) is 11.3. The summed E-state index contributed by atoms with van der Waals surface area (Å²) in [5.41, 5.74) is 5.64. The first-order valence-corrected chi connectivity index (χ1v) is 12.6. The van der Waals surface area contributed by atoms with Crippen molar-refractivity contribution in [2.75, 3.05) is 16.0 Å². The molecule has 4 rings (SSSR count). The highest BCUT2D eigenvalue weighted by molar-refractivity contribution is 8.00. The van der Waals surface area contributed by atoms with Crippen LogP contribution in [0, 0.1) is 13.8 Å². The van der Waals surface area contributed by atoms with E-state index in [0.717, 1.165) is 38.6 Å². The van der Waals surface area contributed by atoms with E-state index >= 15 is 0 Å². The first kappa shape index (κ1) is 24.5. The fourth-order valence-electron chi connectivity index (χ4n) is 3.58. The summed E-state index contributed by atoms with van der Waals surface area (Å²) < 4.78 is 0. The molecule has 1 atom stereocenters. The minimum Gasteiger partial charge on any atom is -0.332 e. The van der Waals surface area contributed by atoms with Gasteiger partial charge >= 0.3 is 0 Å². The monoisotopic (exact) mass is 497 g/mol. The van der Waals surface area contributed by atoms with E-state index in [4.69, 9.17) is 12.2 Å². The van der Waals surface area contributed by atoms with Crippen LogP contribution in [0.4, 0.5) is 17.1 Å². The summed E-state index contributed by atoms with van der Waals surface area (Å²) in [4.78, 5) is 14.5. The van der Waals surface area contributed by atoms with Gasteiger partial charge in [-0.3, -0.25) is 4.79 Å². The van der Waals surface area contributed by atoms with E-state index in [1.807, 2.05) is 117 Å². The number of nitrogens with one attached hydrogen (secondary N) is 3. The molecule has 0 saturated heterocycles. The summed E-state index contributed by atoms with van der Waals surface area (Å²) in [7, 11) is 0. The second kappa shape index (κ2) is 11.7. The van der Waals surface area contributed by atoms with Gasteiger partial charge in [-0.1, -0.05) is 72.8 Å². The molecule has 0 aromatic heterocycles. The Morgan fingerprint density at radius 3 is 2.14 bits per heavy atom. The van der Waals surface area contributed by atoms with Gasteiger partial charge in [0.25, 0.3) is 0 Å². The number of amides is 1. The fourth-order valence-corrected chi connectivity index (χ4v) is 4.92. The lowest BCUT2D eigenvalue weighted by Gasteiger charge is -2.20. The molecule has 4 nitrogen and oxygen atoms in total. The second-order valence-corrected chi connectivity index (χ2v) is 9.71. The number of anilines is 3. The molecule has 0 aliphatic carbocycles. The molecule has 0 unspecified atom stereocenters. The van der Waals surface area contributed by atoms with Gasteiger partial charge in [-0.25, -0.2) is 0 Å². The number of hydrogen-bond acceptors (Lipinski definition) is 3. The Morgan fingerprint density at radius 1 is 0.743 bits per heavy atom. The van der Waals surface area contributed by atoms with Crippen molar-refractivity contribution in [3.63, 3.8) is 0 Å². The molecule has 4 aromatic carbocycles. The molecule has 0 radical (unpaired) electrons. The third-order valence-corrected chi connectivity index (χ3v) is 6.94. The van der Waals surface area contributed by atoms with E-state index in [9.17, 15) is 4.79 Å². The number of benzene rings is 4. The number of para-hydroxylation sites is 2. The normalized spacial score (nSPS) is 11.4.